The van der Waals surface area contributed by atoms with Crippen molar-refractivity contribution >= 4 is 23.3 Å². The quantitative estimate of drug-likeness (QED) is 0.199. The van der Waals surface area contributed by atoms with Crippen molar-refractivity contribution < 1.29 is 29.8 Å². The number of isothiocyanates is 1. The SMILES string of the molecule is CCOC(=O)CN=C=S.[H-].[Li+]. The first kappa shape index (κ1) is 12.5. The van der Waals surface area contributed by atoms with Crippen molar-refractivity contribution in [3.8, 4) is 0 Å². The zero-order valence-electron chi connectivity index (χ0n) is 7.09. The van der Waals surface area contributed by atoms with Gasteiger partial charge in [-0.3, -0.25) is 4.79 Å². The van der Waals surface area contributed by atoms with E-state index in [1.54, 1.807) is 6.92 Å². The van der Waals surface area contributed by atoms with Gasteiger partial charge in [-0.05, 0) is 19.1 Å². The van der Waals surface area contributed by atoms with Gasteiger partial charge in [0.1, 0.15) is 6.54 Å². The average molecular weight is 153 g/mol. The fourth-order valence-corrected chi connectivity index (χ4v) is 0.368. The van der Waals surface area contributed by atoms with E-state index in [1.807, 2.05) is 0 Å². The molecule has 0 N–H and O–H groups in total. The van der Waals surface area contributed by atoms with E-state index in [0.29, 0.717) is 6.61 Å². The van der Waals surface area contributed by atoms with Crippen molar-refractivity contribution in [2.75, 3.05) is 13.2 Å². The molecule has 0 bridgehead atoms. The summed E-state index contributed by atoms with van der Waals surface area (Å²) in [6.45, 7) is 2.10. The monoisotopic (exact) mass is 153 g/mol. The molecular weight excluding hydrogens is 145 g/mol. The maximum atomic E-state index is 10.4. The number of esters is 1. The van der Waals surface area contributed by atoms with Gasteiger partial charge >= 0.3 is 24.8 Å². The minimum Gasteiger partial charge on any atom is -1.00 e. The first-order valence-corrected chi connectivity index (χ1v) is 2.91. The number of hydrogen-bond acceptors (Lipinski definition) is 4. The van der Waals surface area contributed by atoms with Crippen LogP contribution in [-0.2, 0) is 9.53 Å². The van der Waals surface area contributed by atoms with Crippen LogP contribution in [0.4, 0.5) is 0 Å². The molecule has 0 saturated carbocycles. The van der Waals surface area contributed by atoms with Gasteiger partial charge < -0.3 is 6.16 Å². The Bertz CT molecular complexity index is 149. The third-order valence-corrected chi connectivity index (χ3v) is 0.707. The first-order valence-electron chi connectivity index (χ1n) is 2.50. The molecule has 0 aromatic heterocycles. The summed E-state index contributed by atoms with van der Waals surface area (Å²) in [6.07, 6.45) is 0. The van der Waals surface area contributed by atoms with E-state index >= 15 is 0 Å². The molecule has 5 heteroatoms. The second kappa shape index (κ2) is 8.87. The molecule has 0 aromatic carbocycles. The van der Waals surface area contributed by atoms with E-state index < -0.39 is 0 Å². The molecule has 0 aromatic rings. The number of nitrogens with zero attached hydrogens (tertiary/aromatic N) is 1. The molecule has 0 spiro atoms. The summed E-state index contributed by atoms with van der Waals surface area (Å²) in [7, 11) is 0. The van der Waals surface area contributed by atoms with Crippen molar-refractivity contribution in [2.45, 2.75) is 6.92 Å². The zero-order chi connectivity index (χ0) is 7.11. The molecule has 3 nitrogen and oxygen atoms in total. The Morgan fingerprint density at radius 1 is 1.90 bits per heavy atom. The van der Waals surface area contributed by atoms with Crippen LogP contribution in [0.5, 0.6) is 0 Å². The van der Waals surface area contributed by atoms with Gasteiger partial charge in [-0.2, -0.15) is 0 Å². The molecule has 0 rings (SSSR count). The second-order valence-electron chi connectivity index (χ2n) is 1.21. The fraction of sp³-hybridized carbons (Fsp3) is 0.600. The molecule has 10 heavy (non-hydrogen) atoms. The van der Waals surface area contributed by atoms with E-state index in [9.17, 15) is 4.79 Å². The van der Waals surface area contributed by atoms with Crippen LogP contribution in [0.1, 0.15) is 8.35 Å². The number of carbonyl (C=O) groups is 1. The van der Waals surface area contributed by atoms with Crippen molar-refractivity contribution in [1.29, 1.82) is 0 Å². The third-order valence-electron chi connectivity index (χ3n) is 0.578. The minimum atomic E-state index is -0.366. The zero-order valence-corrected chi connectivity index (χ0v) is 6.90. The first-order chi connectivity index (χ1) is 4.31. The van der Waals surface area contributed by atoms with E-state index in [-0.39, 0.29) is 32.8 Å². The maximum Gasteiger partial charge on any atom is 1.00 e. The Labute approximate surface area is 78.5 Å². The molecule has 0 saturated heterocycles. The maximum absolute atomic E-state index is 10.4. The van der Waals surface area contributed by atoms with Crippen molar-refractivity contribution in [3.05, 3.63) is 0 Å². The smallest absolute Gasteiger partial charge is 1.00 e. The number of aliphatic imine (C=N–C) groups is 1. The van der Waals surface area contributed by atoms with Crippen LogP contribution in [0.15, 0.2) is 4.99 Å². The predicted octanol–water partition coefficient (Wildman–Crippen LogP) is -2.23. The summed E-state index contributed by atoms with van der Waals surface area (Å²) >= 11 is 4.23. The topological polar surface area (TPSA) is 38.7 Å². The number of hydrogen-bond donors (Lipinski definition) is 0. The summed E-state index contributed by atoms with van der Waals surface area (Å²) in [5, 5.41) is 2.06. The molecule has 0 aliphatic carbocycles. The summed E-state index contributed by atoms with van der Waals surface area (Å²) in [5.41, 5.74) is 0. The van der Waals surface area contributed by atoms with Gasteiger partial charge in [-0.1, -0.05) is 0 Å². The van der Waals surface area contributed by atoms with E-state index in [0.717, 1.165) is 0 Å². The molecule has 0 aliphatic rings. The van der Waals surface area contributed by atoms with Crippen LogP contribution in [0.2, 0.25) is 0 Å². The molecule has 0 heterocycles. The average Bonchev–Trinajstić information content (AvgIpc) is 1.85. The van der Waals surface area contributed by atoms with Crippen molar-refractivity contribution in [2.24, 2.45) is 4.99 Å². The van der Waals surface area contributed by atoms with Crippen LogP contribution >= 0.6 is 12.2 Å². The minimum absolute atomic E-state index is 0. The van der Waals surface area contributed by atoms with Crippen molar-refractivity contribution in [1.82, 2.24) is 0 Å². The molecule has 0 amide bonds. The van der Waals surface area contributed by atoms with Gasteiger partial charge in [0, 0.05) is 0 Å². The molecule has 0 radical (unpaired) electrons. The summed E-state index contributed by atoms with van der Waals surface area (Å²) in [6, 6.07) is 0. The Hall–Kier alpha value is -0.133. The normalized spacial score (nSPS) is 6.90. The summed E-state index contributed by atoms with van der Waals surface area (Å²) in [4.78, 5) is 13.8. The number of ether oxygens (including phenoxy) is 1. The molecule has 0 unspecified atom stereocenters. The number of rotatable bonds is 3. The standard InChI is InChI=1S/C5H7NO2S.Li.H/c1-2-8-5(7)3-6-4-9;;/h2-3H2,1H3;;/q;+1;-1. The second-order valence-corrected chi connectivity index (χ2v) is 1.40. The van der Waals surface area contributed by atoms with Gasteiger partial charge in [0.25, 0.3) is 0 Å². The van der Waals surface area contributed by atoms with Gasteiger partial charge in [0.05, 0.1) is 11.8 Å². The summed E-state index contributed by atoms with van der Waals surface area (Å²) in [5.74, 6) is -0.366. The number of carbonyl (C=O) groups excluding carboxylic acids is 1. The Morgan fingerprint density at radius 2 is 2.50 bits per heavy atom. The van der Waals surface area contributed by atoms with E-state index in [1.165, 1.54) is 0 Å². The van der Waals surface area contributed by atoms with Crippen LogP contribution in [0.3, 0.4) is 0 Å². The molecule has 0 fully saturated rings. The van der Waals surface area contributed by atoms with Crippen LogP contribution < -0.4 is 18.9 Å². The molecular formula is C5H8LiNO2S. The van der Waals surface area contributed by atoms with Crippen LogP contribution in [0, 0.1) is 0 Å². The predicted molar refractivity (Wildman–Crippen MR) is 37.6 cm³/mol. The van der Waals surface area contributed by atoms with Gasteiger partial charge in [0.15, 0.2) is 0 Å². The summed E-state index contributed by atoms with van der Waals surface area (Å²) < 4.78 is 4.52. The van der Waals surface area contributed by atoms with E-state index in [4.69, 9.17) is 0 Å². The van der Waals surface area contributed by atoms with Gasteiger partial charge in [-0.25, -0.2) is 4.99 Å². The molecule has 52 valence electrons. The third kappa shape index (κ3) is 7.87. The number of thiocarbonyl (C=S) groups is 1. The Balaban J connectivity index is -0.000000320. The van der Waals surface area contributed by atoms with Gasteiger partial charge in [0.2, 0.25) is 0 Å². The molecule has 0 atom stereocenters. The fourth-order valence-electron chi connectivity index (χ4n) is 0.303. The van der Waals surface area contributed by atoms with Crippen molar-refractivity contribution in [3.63, 3.8) is 0 Å². The largest absolute Gasteiger partial charge is 1.00 e. The van der Waals surface area contributed by atoms with Crippen LogP contribution in [0.25, 0.3) is 0 Å². The van der Waals surface area contributed by atoms with Crippen LogP contribution in [-0.4, -0.2) is 24.3 Å². The Kier molecular flexibility index (Phi) is 11.1. The Morgan fingerprint density at radius 3 is 2.90 bits per heavy atom. The van der Waals surface area contributed by atoms with Gasteiger partial charge in [-0.15, -0.1) is 0 Å². The van der Waals surface area contributed by atoms with E-state index in [2.05, 4.69) is 27.1 Å². The molecule has 0 aliphatic heterocycles.